The van der Waals surface area contributed by atoms with Gasteiger partial charge in [-0.3, -0.25) is 9.78 Å². The van der Waals surface area contributed by atoms with Crippen molar-refractivity contribution in [3.8, 4) is 11.3 Å². The molecule has 6 heteroatoms. The predicted molar refractivity (Wildman–Crippen MR) is 111 cm³/mol. The van der Waals surface area contributed by atoms with Crippen LogP contribution in [-0.2, 0) is 6.42 Å². The second kappa shape index (κ2) is 8.61. The van der Waals surface area contributed by atoms with E-state index in [1.807, 2.05) is 69.6 Å². The number of anilines is 1. The van der Waals surface area contributed by atoms with Gasteiger partial charge >= 0.3 is 0 Å². The number of nitrogens with one attached hydrogen (secondary N) is 1. The van der Waals surface area contributed by atoms with E-state index in [0.29, 0.717) is 11.4 Å². The highest BCUT2D eigenvalue weighted by atomic mass is 16.2. The van der Waals surface area contributed by atoms with Crippen molar-refractivity contribution in [2.75, 3.05) is 19.4 Å². The van der Waals surface area contributed by atoms with Gasteiger partial charge in [-0.2, -0.15) is 0 Å². The molecule has 0 bridgehead atoms. The van der Waals surface area contributed by atoms with Crippen molar-refractivity contribution in [1.82, 2.24) is 20.1 Å². The maximum atomic E-state index is 12.8. The van der Waals surface area contributed by atoms with Crippen LogP contribution in [-0.4, -0.2) is 46.1 Å². The Kier molecular flexibility index (Phi) is 5.99. The Labute approximate surface area is 165 Å². The fraction of sp³-hybridized carbons (Fsp3) is 0.273. The van der Waals surface area contributed by atoms with Crippen molar-refractivity contribution < 1.29 is 4.79 Å². The number of aromatic nitrogens is 3. The van der Waals surface area contributed by atoms with Crippen LogP contribution in [0.2, 0.25) is 0 Å². The Balaban J connectivity index is 1.69. The number of amides is 1. The minimum atomic E-state index is -0.0108. The molecule has 0 saturated heterocycles. The Morgan fingerprint density at radius 2 is 1.86 bits per heavy atom. The van der Waals surface area contributed by atoms with E-state index in [2.05, 4.69) is 26.6 Å². The number of rotatable bonds is 6. The van der Waals surface area contributed by atoms with E-state index in [4.69, 9.17) is 0 Å². The molecule has 0 aliphatic carbocycles. The van der Waals surface area contributed by atoms with Crippen LogP contribution in [0.4, 0.5) is 5.82 Å². The summed E-state index contributed by atoms with van der Waals surface area (Å²) in [5, 5.41) is 11.2. The zero-order chi connectivity index (χ0) is 20.1. The first-order valence-corrected chi connectivity index (χ1v) is 9.28. The van der Waals surface area contributed by atoms with E-state index in [0.717, 1.165) is 23.4 Å². The van der Waals surface area contributed by atoms with E-state index < -0.39 is 0 Å². The third-order valence-electron chi connectivity index (χ3n) is 4.81. The lowest BCUT2D eigenvalue weighted by atomic mass is 10.1. The summed E-state index contributed by atoms with van der Waals surface area (Å²) in [6.45, 7) is 4.08. The summed E-state index contributed by atoms with van der Waals surface area (Å²) in [5.41, 5.74) is 4.51. The van der Waals surface area contributed by atoms with E-state index in [-0.39, 0.29) is 11.9 Å². The fourth-order valence-corrected chi connectivity index (χ4v) is 2.96. The zero-order valence-electron chi connectivity index (χ0n) is 16.7. The lowest BCUT2D eigenvalue weighted by Crippen LogP contribution is -2.36. The van der Waals surface area contributed by atoms with E-state index in [1.165, 1.54) is 5.56 Å². The van der Waals surface area contributed by atoms with Gasteiger partial charge in [0, 0.05) is 49.6 Å². The van der Waals surface area contributed by atoms with Crippen molar-refractivity contribution in [2.24, 2.45) is 0 Å². The molecule has 144 valence electrons. The summed E-state index contributed by atoms with van der Waals surface area (Å²) in [4.78, 5) is 19.0. The molecule has 2 heterocycles. The van der Waals surface area contributed by atoms with Crippen LogP contribution in [0.15, 0.2) is 54.7 Å². The Morgan fingerprint density at radius 3 is 2.46 bits per heavy atom. The molecule has 0 radical (unpaired) electrons. The van der Waals surface area contributed by atoms with E-state index >= 15 is 0 Å². The maximum absolute atomic E-state index is 12.8. The summed E-state index contributed by atoms with van der Waals surface area (Å²) in [7, 11) is 3.63. The topological polar surface area (TPSA) is 71.0 Å². The molecule has 3 aromatic rings. The van der Waals surface area contributed by atoms with Crippen molar-refractivity contribution in [2.45, 2.75) is 26.3 Å². The maximum Gasteiger partial charge on any atom is 0.253 e. The molecule has 3 rings (SSSR count). The minimum Gasteiger partial charge on any atom is -0.372 e. The van der Waals surface area contributed by atoms with Gasteiger partial charge < -0.3 is 10.2 Å². The number of nitrogens with zero attached hydrogens (tertiary/aromatic N) is 4. The largest absolute Gasteiger partial charge is 0.372 e. The van der Waals surface area contributed by atoms with Gasteiger partial charge in [-0.05, 0) is 55.8 Å². The van der Waals surface area contributed by atoms with Gasteiger partial charge in [-0.25, -0.2) is 0 Å². The van der Waals surface area contributed by atoms with Gasteiger partial charge in [0.05, 0.1) is 5.69 Å². The first-order valence-electron chi connectivity index (χ1n) is 9.28. The average Bonchev–Trinajstić information content (AvgIpc) is 2.73. The lowest BCUT2D eigenvalue weighted by molar-refractivity contribution is 0.0743. The van der Waals surface area contributed by atoms with Crippen LogP contribution in [0.5, 0.6) is 0 Å². The first kappa shape index (κ1) is 19.5. The zero-order valence-corrected chi connectivity index (χ0v) is 16.7. The summed E-state index contributed by atoms with van der Waals surface area (Å²) in [5.74, 6) is 0.706. The standard InChI is InChI=1S/C22H25N5O/c1-15-11-12-24-19(13-15)14-16(2)27(4)22(28)18-7-5-17(6-8-18)20-9-10-21(23-3)26-25-20/h5-13,16H,14H2,1-4H3,(H,23,26)/t16-/m1/s1. The molecule has 1 atom stereocenters. The number of likely N-dealkylation sites (N-methyl/N-ethyl adjacent to an activating group) is 1. The van der Waals surface area contributed by atoms with Gasteiger partial charge in [0.1, 0.15) is 5.82 Å². The fourth-order valence-electron chi connectivity index (χ4n) is 2.96. The molecule has 6 nitrogen and oxygen atoms in total. The Hall–Kier alpha value is -3.28. The van der Waals surface area contributed by atoms with Crippen LogP contribution >= 0.6 is 0 Å². The highest BCUT2D eigenvalue weighted by Crippen LogP contribution is 2.19. The minimum absolute atomic E-state index is 0.0108. The van der Waals surface area contributed by atoms with Gasteiger partial charge in [0.2, 0.25) is 0 Å². The summed E-state index contributed by atoms with van der Waals surface area (Å²) in [6.07, 6.45) is 2.53. The monoisotopic (exact) mass is 375 g/mol. The summed E-state index contributed by atoms with van der Waals surface area (Å²) < 4.78 is 0. The SMILES string of the molecule is CNc1ccc(-c2ccc(C(=O)N(C)[C@H](C)Cc3cc(C)ccn3)cc2)nn1. The lowest BCUT2D eigenvalue weighted by Gasteiger charge is -2.25. The van der Waals surface area contributed by atoms with Gasteiger partial charge in [-0.1, -0.05) is 12.1 Å². The molecule has 0 aliphatic rings. The molecule has 0 saturated carbocycles. The second-order valence-electron chi connectivity index (χ2n) is 6.92. The third kappa shape index (κ3) is 4.52. The van der Waals surface area contributed by atoms with Crippen LogP contribution in [0, 0.1) is 6.92 Å². The summed E-state index contributed by atoms with van der Waals surface area (Å²) >= 11 is 0. The van der Waals surface area contributed by atoms with Gasteiger partial charge in [-0.15, -0.1) is 10.2 Å². The third-order valence-corrected chi connectivity index (χ3v) is 4.81. The smallest absolute Gasteiger partial charge is 0.253 e. The van der Waals surface area contributed by atoms with Crippen LogP contribution in [0.25, 0.3) is 11.3 Å². The van der Waals surface area contributed by atoms with Crippen molar-refractivity contribution in [3.63, 3.8) is 0 Å². The molecule has 0 unspecified atom stereocenters. The first-order chi connectivity index (χ1) is 13.5. The number of carbonyl (C=O) groups is 1. The van der Waals surface area contributed by atoms with Crippen LogP contribution in [0.1, 0.15) is 28.5 Å². The molecular formula is C22H25N5O. The molecule has 1 aromatic carbocycles. The number of pyridine rings is 1. The highest BCUT2D eigenvalue weighted by molar-refractivity contribution is 5.94. The van der Waals surface area contributed by atoms with Gasteiger partial charge in [0.15, 0.2) is 0 Å². The Morgan fingerprint density at radius 1 is 1.11 bits per heavy atom. The second-order valence-corrected chi connectivity index (χ2v) is 6.92. The Bertz CT molecular complexity index is 938. The molecule has 1 amide bonds. The van der Waals surface area contributed by atoms with Crippen molar-refractivity contribution in [1.29, 1.82) is 0 Å². The normalized spacial score (nSPS) is 11.7. The highest BCUT2D eigenvalue weighted by Gasteiger charge is 2.18. The van der Waals surface area contributed by atoms with Crippen LogP contribution < -0.4 is 5.32 Å². The van der Waals surface area contributed by atoms with Crippen molar-refractivity contribution in [3.05, 3.63) is 71.5 Å². The molecule has 1 N–H and O–H groups in total. The quantitative estimate of drug-likeness (QED) is 0.713. The molecule has 0 fully saturated rings. The van der Waals surface area contributed by atoms with E-state index in [1.54, 1.807) is 11.9 Å². The summed E-state index contributed by atoms with van der Waals surface area (Å²) in [6, 6.07) is 15.3. The van der Waals surface area contributed by atoms with Crippen molar-refractivity contribution >= 4 is 11.7 Å². The number of carbonyl (C=O) groups excluding carboxylic acids is 1. The number of benzene rings is 1. The number of hydrogen-bond donors (Lipinski definition) is 1. The predicted octanol–water partition coefficient (Wildman–Crippen LogP) is 3.59. The number of aryl methyl sites for hydroxylation is 1. The molecular weight excluding hydrogens is 350 g/mol. The number of hydrogen-bond acceptors (Lipinski definition) is 5. The molecule has 0 aliphatic heterocycles. The molecule has 28 heavy (non-hydrogen) atoms. The van der Waals surface area contributed by atoms with Crippen LogP contribution in [0.3, 0.4) is 0 Å². The van der Waals surface area contributed by atoms with E-state index in [9.17, 15) is 4.79 Å². The molecule has 0 spiro atoms. The average molecular weight is 375 g/mol. The van der Waals surface area contributed by atoms with Gasteiger partial charge in [0.25, 0.3) is 5.91 Å². The molecule has 2 aromatic heterocycles.